The van der Waals surface area contributed by atoms with Crippen LogP contribution in [0.25, 0.3) is 0 Å². The molecule has 0 saturated carbocycles. The van der Waals surface area contributed by atoms with Crippen molar-refractivity contribution >= 4 is 29.0 Å². The standard InChI is InChI=1S/C20H22N4O3/c1-14(25)16-3-5-17(6-4-16)22-18-7-8-19(21-13-18)20(27)24-11-9-23(10-12-24)15(2)26/h3-8,13,22H,9-12H2,1-2H3. The number of nitrogens with zero attached hydrogens (tertiary/aromatic N) is 3. The predicted octanol–water partition coefficient (Wildman–Crippen LogP) is 2.33. The van der Waals surface area contributed by atoms with Gasteiger partial charge in [-0.25, -0.2) is 4.98 Å². The summed E-state index contributed by atoms with van der Waals surface area (Å²) in [6.07, 6.45) is 1.61. The Bertz CT molecular complexity index is 839. The highest BCUT2D eigenvalue weighted by Crippen LogP contribution is 2.17. The average molecular weight is 366 g/mol. The Morgan fingerprint density at radius 1 is 0.852 bits per heavy atom. The van der Waals surface area contributed by atoms with Crippen LogP contribution in [0.15, 0.2) is 42.6 Å². The van der Waals surface area contributed by atoms with Crippen LogP contribution in [-0.4, -0.2) is 58.6 Å². The second-order valence-corrected chi connectivity index (χ2v) is 6.49. The molecule has 0 atom stereocenters. The van der Waals surface area contributed by atoms with Crippen molar-refractivity contribution in [2.45, 2.75) is 13.8 Å². The van der Waals surface area contributed by atoms with E-state index in [2.05, 4.69) is 10.3 Å². The van der Waals surface area contributed by atoms with Gasteiger partial charge in [-0.15, -0.1) is 0 Å². The first-order valence-corrected chi connectivity index (χ1v) is 8.83. The Hall–Kier alpha value is -3.22. The van der Waals surface area contributed by atoms with Gasteiger partial charge in [-0.05, 0) is 43.3 Å². The summed E-state index contributed by atoms with van der Waals surface area (Å²) in [7, 11) is 0. The van der Waals surface area contributed by atoms with Gasteiger partial charge >= 0.3 is 0 Å². The summed E-state index contributed by atoms with van der Waals surface area (Å²) in [6.45, 7) is 5.21. The molecule has 0 unspecified atom stereocenters. The molecule has 1 aliphatic heterocycles. The molecule has 0 aliphatic carbocycles. The number of carbonyl (C=O) groups excluding carboxylic acids is 3. The van der Waals surface area contributed by atoms with E-state index in [4.69, 9.17) is 0 Å². The van der Waals surface area contributed by atoms with Crippen LogP contribution < -0.4 is 5.32 Å². The zero-order valence-corrected chi connectivity index (χ0v) is 15.4. The van der Waals surface area contributed by atoms with E-state index < -0.39 is 0 Å². The van der Waals surface area contributed by atoms with E-state index in [0.717, 1.165) is 11.4 Å². The molecule has 27 heavy (non-hydrogen) atoms. The first kappa shape index (κ1) is 18.6. The Labute approximate surface area is 158 Å². The molecule has 140 valence electrons. The molecule has 1 fully saturated rings. The number of benzene rings is 1. The number of ketones is 1. The Kier molecular flexibility index (Phi) is 5.49. The van der Waals surface area contributed by atoms with Crippen LogP contribution in [0.4, 0.5) is 11.4 Å². The van der Waals surface area contributed by atoms with E-state index in [1.165, 1.54) is 6.92 Å². The monoisotopic (exact) mass is 366 g/mol. The number of anilines is 2. The smallest absolute Gasteiger partial charge is 0.272 e. The minimum atomic E-state index is -0.129. The van der Waals surface area contributed by atoms with Gasteiger partial charge in [-0.3, -0.25) is 14.4 Å². The summed E-state index contributed by atoms with van der Waals surface area (Å²) in [6, 6.07) is 10.7. The van der Waals surface area contributed by atoms with Gasteiger partial charge in [0.1, 0.15) is 5.69 Å². The maximum atomic E-state index is 12.6. The van der Waals surface area contributed by atoms with Gasteiger partial charge in [0.05, 0.1) is 11.9 Å². The van der Waals surface area contributed by atoms with E-state index in [9.17, 15) is 14.4 Å². The normalized spacial score (nSPS) is 14.0. The number of nitrogens with one attached hydrogen (secondary N) is 1. The molecule has 1 saturated heterocycles. The number of amides is 2. The number of carbonyl (C=O) groups is 3. The van der Waals surface area contributed by atoms with Crippen LogP contribution in [0.2, 0.25) is 0 Å². The lowest BCUT2D eigenvalue weighted by atomic mass is 10.1. The molecule has 7 heteroatoms. The molecule has 2 aromatic rings. The number of aromatic nitrogens is 1. The quantitative estimate of drug-likeness (QED) is 0.840. The molecule has 0 spiro atoms. The zero-order chi connectivity index (χ0) is 19.4. The van der Waals surface area contributed by atoms with Crippen molar-refractivity contribution in [3.8, 4) is 0 Å². The van der Waals surface area contributed by atoms with Crippen LogP contribution in [0, 0.1) is 0 Å². The summed E-state index contributed by atoms with van der Waals surface area (Å²) >= 11 is 0. The fourth-order valence-corrected chi connectivity index (χ4v) is 2.94. The number of rotatable bonds is 4. The summed E-state index contributed by atoms with van der Waals surface area (Å²) in [5.74, 6) is -0.0715. The molecule has 0 radical (unpaired) electrons. The average Bonchev–Trinajstić information content (AvgIpc) is 2.68. The van der Waals surface area contributed by atoms with Crippen LogP contribution in [-0.2, 0) is 4.79 Å². The van der Waals surface area contributed by atoms with Crippen molar-refractivity contribution in [3.63, 3.8) is 0 Å². The molecule has 1 aliphatic rings. The maximum Gasteiger partial charge on any atom is 0.272 e. The summed E-state index contributed by atoms with van der Waals surface area (Å²) in [5, 5.41) is 3.19. The van der Waals surface area contributed by atoms with Crippen LogP contribution in [0.3, 0.4) is 0 Å². The van der Waals surface area contributed by atoms with Crippen molar-refractivity contribution in [2.24, 2.45) is 0 Å². The van der Waals surface area contributed by atoms with Crippen molar-refractivity contribution in [1.29, 1.82) is 0 Å². The van der Waals surface area contributed by atoms with Gasteiger partial charge in [0.25, 0.3) is 5.91 Å². The predicted molar refractivity (Wildman–Crippen MR) is 102 cm³/mol. The third-order valence-corrected chi connectivity index (χ3v) is 4.57. The third-order valence-electron chi connectivity index (χ3n) is 4.57. The molecule has 1 N–H and O–H groups in total. The van der Waals surface area contributed by atoms with Gasteiger partial charge in [-0.1, -0.05) is 0 Å². The number of piperazine rings is 1. The van der Waals surface area contributed by atoms with Crippen molar-refractivity contribution in [2.75, 3.05) is 31.5 Å². The lowest BCUT2D eigenvalue weighted by molar-refractivity contribution is -0.130. The van der Waals surface area contributed by atoms with Crippen LogP contribution in [0.5, 0.6) is 0 Å². The van der Waals surface area contributed by atoms with Gasteiger partial charge in [0.15, 0.2) is 5.78 Å². The highest BCUT2D eigenvalue weighted by atomic mass is 16.2. The number of Topliss-reactive ketones (excluding diaryl/α,β-unsaturated/α-hetero) is 1. The van der Waals surface area contributed by atoms with E-state index in [-0.39, 0.29) is 17.6 Å². The second-order valence-electron chi connectivity index (χ2n) is 6.49. The molecular formula is C20H22N4O3. The molecule has 0 bridgehead atoms. The lowest BCUT2D eigenvalue weighted by Gasteiger charge is -2.34. The van der Waals surface area contributed by atoms with E-state index in [1.54, 1.807) is 47.2 Å². The minimum absolute atomic E-state index is 0.0234. The fourth-order valence-electron chi connectivity index (χ4n) is 2.94. The Morgan fingerprint density at radius 3 is 1.96 bits per heavy atom. The van der Waals surface area contributed by atoms with Gasteiger partial charge in [0.2, 0.25) is 5.91 Å². The van der Waals surface area contributed by atoms with Crippen LogP contribution in [0.1, 0.15) is 34.7 Å². The molecular weight excluding hydrogens is 344 g/mol. The number of pyridine rings is 1. The first-order valence-electron chi connectivity index (χ1n) is 8.83. The van der Waals surface area contributed by atoms with E-state index in [1.807, 2.05) is 12.1 Å². The molecule has 3 rings (SSSR count). The Balaban J connectivity index is 1.60. The lowest BCUT2D eigenvalue weighted by Crippen LogP contribution is -2.50. The van der Waals surface area contributed by atoms with E-state index in [0.29, 0.717) is 37.4 Å². The maximum absolute atomic E-state index is 12.6. The van der Waals surface area contributed by atoms with E-state index >= 15 is 0 Å². The molecule has 2 amide bonds. The minimum Gasteiger partial charge on any atom is -0.354 e. The SMILES string of the molecule is CC(=O)c1ccc(Nc2ccc(C(=O)N3CCN(C(C)=O)CC3)nc2)cc1. The molecule has 1 aromatic heterocycles. The highest BCUT2D eigenvalue weighted by Gasteiger charge is 2.23. The number of hydrogen-bond acceptors (Lipinski definition) is 5. The molecule has 2 heterocycles. The molecule has 7 nitrogen and oxygen atoms in total. The van der Waals surface area contributed by atoms with Crippen LogP contribution >= 0.6 is 0 Å². The van der Waals surface area contributed by atoms with Gasteiger partial charge in [-0.2, -0.15) is 0 Å². The third kappa shape index (κ3) is 4.49. The second kappa shape index (κ2) is 7.99. The summed E-state index contributed by atoms with van der Waals surface area (Å²) in [5.41, 5.74) is 2.62. The van der Waals surface area contributed by atoms with Crippen molar-refractivity contribution < 1.29 is 14.4 Å². The fraction of sp³-hybridized carbons (Fsp3) is 0.300. The topological polar surface area (TPSA) is 82.6 Å². The largest absolute Gasteiger partial charge is 0.354 e. The zero-order valence-electron chi connectivity index (χ0n) is 15.4. The van der Waals surface area contributed by atoms with Crippen molar-refractivity contribution in [1.82, 2.24) is 14.8 Å². The highest BCUT2D eigenvalue weighted by molar-refractivity contribution is 5.94. The van der Waals surface area contributed by atoms with Gasteiger partial charge < -0.3 is 15.1 Å². The summed E-state index contributed by atoms with van der Waals surface area (Å²) in [4.78, 5) is 43.0. The number of hydrogen-bond donors (Lipinski definition) is 1. The Morgan fingerprint density at radius 2 is 1.44 bits per heavy atom. The van der Waals surface area contributed by atoms with Crippen molar-refractivity contribution in [3.05, 3.63) is 53.9 Å². The summed E-state index contributed by atoms with van der Waals surface area (Å²) < 4.78 is 0. The van der Waals surface area contributed by atoms with Gasteiger partial charge in [0, 0.05) is 44.4 Å². The molecule has 1 aromatic carbocycles. The first-order chi connectivity index (χ1) is 12.9.